The third-order valence-corrected chi connectivity index (χ3v) is 9.12. The van der Waals surface area contributed by atoms with Crippen molar-refractivity contribution >= 4 is 29.1 Å². The van der Waals surface area contributed by atoms with Gasteiger partial charge in [-0.2, -0.15) is 4.74 Å². The predicted molar refractivity (Wildman–Crippen MR) is 120 cm³/mol. The molecule has 0 atom stereocenters. The third kappa shape index (κ3) is 4.05. The van der Waals surface area contributed by atoms with E-state index >= 15 is 0 Å². The quantitative estimate of drug-likeness (QED) is 0.640. The lowest BCUT2D eigenvalue weighted by Crippen LogP contribution is -2.30. The van der Waals surface area contributed by atoms with Gasteiger partial charge in [0.1, 0.15) is 0 Å². The molecule has 5 heteroatoms. The van der Waals surface area contributed by atoms with E-state index in [0.717, 1.165) is 35.5 Å². The Morgan fingerprint density at radius 3 is 1.90 bits per heavy atom. The van der Waals surface area contributed by atoms with Gasteiger partial charge in [0.15, 0.2) is 0 Å². The zero-order valence-corrected chi connectivity index (χ0v) is 17.2. The van der Waals surface area contributed by atoms with E-state index in [0.29, 0.717) is 0 Å². The second-order valence-corrected chi connectivity index (χ2v) is 10.3. The van der Waals surface area contributed by atoms with E-state index in [-0.39, 0.29) is 0 Å². The minimum atomic E-state index is -2.70. The van der Waals surface area contributed by atoms with Crippen LogP contribution in [0.2, 0.25) is 0 Å². The van der Waals surface area contributed by atoms with Crippen LogP contribution in [0, 0.1) is 0 Å². The Hall–Kier alpha value is -2.68. The smallest absolute Gasteiger partial charge is 0.430 e. The van der Waals surface area contributed by atoms with Crippen molar-refractivity contribution < 1.29 is 9.90 Å². The Balaban J connectivity index is 2.01. The second kappa shape index (κ2) is 8.77. The molecule has 3 aromatic rings. The summed E-state index contributed by atoms with van der Waals surface area (Å²) >= 11 is 0. The van der Waals surface area contributed by atoms with Crippen LogP contribution in [0.5, 0.6) is 0 Å². The molecule has 0 radical (unpaired) electrons. The van der Waals surface area contributed by atoms with Gasteiger partial charge in [0.25, 0.3) is 0 Å². The fourth-order valence-electron chi connectivity index (χ4n) is 4.15. The molecule has 1 amide bonds. The van der Waals surface area contributed by atoms with Gasteiger partial charge >= 0.3 is 6.09 Å². The topological polar surface area (TPSA) is 52.9 Å². The number of carbonyl (C=O) groups is 1. The molecule has 1 fully saturated rings. The highest BCUT2D eigenvalue weighted by Crippen LogP contribution is 2.47. The highest BCUT2D eigenvalue weighted by Gasteiger charge is 2.31. The number of likely N-dealkylation sites (tertiary alicyclic amines) is 1. The first kappa shape index (κ1) is 19.6. The molecule has 0 saturated carbocycles. The number of hydrogen-bond acceptors (Lipinski definition) is 2. The lowest BCUT2D eigenvalue weighted by atomic mass is 10.2. The van der Waals surface area contributed by atoms with Crippen molar-refractivity contribution in [2.24, 2.45) is 4.74 Å². The van der Waals surface area contributed by atoms with Crippen LogP contribution in [0.25, 0.3) is 0 Å². The molecule has 3 aromatic carbocycles. The summed E-state index contributed by atoms with van der Waals surface area (Å²) in [6, 6.07) is 28.1. The van der Waals surface area contributed by atoms with Crippen LogP contribution in [-0.4, -0.2) is 29.2 Å². The molecule has 0 aromatic heterocycles. The highest BCUT2D eigenvalue weighted by molar-refractivity contribution is 7.87. The lowest BCUT2D eigenvalue weighted by molar-refractivity contribution is 0.206. The number of amides is 1. The van der Waals surface area contributed by atoms with Gasteiger partial charge in [-0.15, -0.1) is 0 Å². The van der Waals surface area contributed by atoms with Crippen molar-refractivity contribution in [2.45, 2.75) is 19.4 Å². The van der Waals surface area contributed by atoms with Crippen LogP contribution >= 0.6 is 7.05 Å². The van der Waals surface area contributed by atoms with E-state index in [4.69, 9.17) is 0 Å². The molecule has 0 aliphatic carbocycles. The summed E-state index contributed by atoms with van der Waals surface area (Å²) in [6.45, 7) is 3.01. The molecule has 148 valence electrons. The predicted octanol–water partition coefficient (Wildman–Crippen LogP) is 4.44. The molecular weight excluding hydrogens is 379 g/mol. The molecule has 1 N–H and O–H groups in total. The van der Waals surface area contributed by atoms with E-state index in [1.54, 1.807) is 0 Å². The molecule has 1 aliphatic heterocycles. The summed E-state index contributed by atoms with van der Waals surface area (Å²) < 4.78 is 4.46. The Morgan fingerprint density at radius 1 is 0.828 bits per heavy atom. The molecule has 1 saturated heterocycles. The van der Waals surface area contributed by atoms with Gasteiger partial charge in [-0.1, -0.05) is 84.9 Å². The SMILES string of the molecule is O=C(O)N=P(c1ccccc1)(c1ccccc1)c1ccccc1CN1CCCC1. The first-order valence-corrected chi connectivity index (χ1v) is 11.7. The Kier molecular flexibility index (Phi) is 5.94. The Bertz CT molecular complexity index is 986. The van der Waals surface area contributed by atoms with Gasteiger partial charge in [0.05, 0.1) is 7.05 Å². The molecule has 1 heterocycles. The van der Waals surface area contributed by atoms with Crippen molar-refractivity contribution in [1.82, 2.24) is 4.90 Å². The number of benzene rings is 3. The van der Waals surface area contributed by atoms with Crippen molar-refractivity contribution in [1.29, 1.82) is 0 Å². The molecule has 1 aliphatic rings. The Labute approximate surface area is 171 Å². The molecule has 0 spiro atoms. The lowest BCUT2D eigenvalue weighted by Gasteiger charge is -2.29. The summed E-state index contributed by atoms with van der Waals surface area (Å²) in [5.74, 6) is 0. The van der Waals surface area contributed by atoms with Gasteiger partial charge < -0.3 is 5.11 Å². The Morgan fingerprint density at radius 2 is 1.34 bits per heavy atom. The summed E-state index contributed by atoms with van der Waals surface area (Å²) in [6.07, 6.45) is 1.32. The third-order valence-electron chi connectivity index (χ3n) is 5.43. The largest absolute Gasteiger partial charge is 0.463 e. The monoisotopic (exact) mass is 404 g/mol. The number of rotatable bonds is 5. The molecular formula is C24H25N2O2P. The molecule has 4 rings (SSSR count). The van der Waals surface area contributed by atoms with Gasteiger partial charge in [-0.3, -0.25) is 4.90 Å². The van der Waals surface area contributed by atoms with E-state index in [9.17, 15) is 9.90 Å². The van der Waals surface area contributed by atoms with Gasteiger partial charge in [-0.25, -0.2) is 4.79 Å². The van der Waals surface area contributed by atoms with Crippen LogP contribution in [-0.2, 0) is 6.54 Å². The van der Waals surface area contributed by atoms with Gasteiger partial charge in [0, 0.05) is 22.5 Å². The average Bonchev–Trinajstić information content (AvgIpc) is 3.27. The van der Waals surface area contributed by atoms with E-state index in [1.807, 2.05) is 72.8 Å². The average molecular weight is 404 g/mol. The van der Waals surface area contributed by atoms with E-state index in [2.05, 4.69) is 21.8 Å². The fourth-order valence-corrected chi connectivity index (χ4v) is 7.67. The molecule has 29 heavy (non-hydrogen) atoms. The van der Waals surface area contributed by atoms with Crippen LogP contribution < -0.4 is 15.9 Å². The normalized spacial score (nSPS) is 14.6. The minimum Gasteiger partial charge on any atom is -0.463 e. The summed E-state index contributed by atoms with van der Waals surface area (Å²) in [5, 5.41) is 12.8. The summed E-state index contributed by atoms with van der Waals surface area (Å²) in [4.78, 5) is 14.5. The maximum atomic E-state index is 12.0. The molecule has 0 unspecified atom stereocenters. The van der Waals surface area contributed by atoms with Crippen molar-refractivity contribution in [3.8, 4) is 0 Å². The van der Waals surface area contributed by atoms with Crippen LogP contribution in [0.4, 0.5) is 4.79 Å². The van der Waals surface area contributed by atoms with Gasteiger partial charge in [-0.05, 0) is 31.5 Å². The van der Waals surface area contributed by atoms with E-state index in [1.165, 1.54) is 18.4 Å². The first-order chi connectivity index (χ1) is 14.2. The summed E-state index contributed by atoms with van der Waals surface area (Å²) in [7, 11) is -2.70. The standard InChI is InChI=1S/C24H25N2O2P/c27-24(28)25-29(21-12-3-1-4-13-21,22-14-5-2-6-15-22)23-16-8-7-11-20(23)19-26-17-9-10-18-26/h1-8,11-16H,9-10,17-19H2,(H,27,28). The van der Waals surface area contributed by atoms with Crippen LogP contribution in [0.3, 0.4) is 0 Å². The highest BCUT2D eigenvalue weighted by atomic mass is 31.2. The number of hydrogen-bond donors (Lipinski definition) is 1. The van der Waals surface area contributed by atoms with Crippen molar-refractivity contribution in [2.75, 3.05) is 13.1 Å². The maximum Gasteiger partial charge on any atom is 0.430 e. The van der Waals surface area contributed by atoms with Crippen molar-refractivity contribution in [3.63, 3.8) is 0 Å². The van der Waals surface area contributed by atoms with Crippen molar-refractivity contribution in [3.05, 3.63) is 90.5 Å². The zero-order valence-electron chi connectivity index (χ0n) is 16.3. The minimum absolute atomic E-state index is 0.826. The van der Waals surface area contributed by atoms with E-state index < -0.39 is 13.1 Å². The molecule has 4 nitrogen and oxygen atoms in total. The molecule has 0 bridgehead atoms. The van der Waals surface area contributed by atoms with Crippen LogP contribution in [0.15, 0.2) is 89.7 Å². The van der Waals surface area contributed by atoms with Crippen LogP contribution in [0.1, 0.15) is 18.4 Å². The maximum absolute atomic E-state index is 12.0. The first-order valence-electron chi connectivity index (χ1n) is 9.97. The van der Waals surface area contributed by atoms with Gasteiger partial charge in [0.2, 0.25) is 0 Å². The number of carboxylic acid groups (broad SMARTS) is 1. The summed E-state index contributed by atoms with van der Waals surface area (Å²) in [5.41, 5.74) is 1.17. The second-order valence-electron chi connectivity index (χ2n) is 7.30. The fraction of sp³-hybridized carbons (Fsp3) is 0.208. The zero-order chi connectivity index (χ0) is 20.1. The number of nitrogens with zero attached hydrogens (tertiary/aromatic N) is 2.